The van der Waals surface area contributed by atoms with Crippen molar-refractivity contribution in [1.82, 2.24) is 9.78 Å². The molecule has 2 aromatic rings. The number of esters is 1. The average molecular weight is 346 g/mol. The number of hydrogen-bond donors (Lipinski definition) is 0. The zero-order chi connectivity index (χ0) is 18.2. The summed E-state index contributed by atoms with van der Waals surface area (Å²) in [5, 5.41) is 4.14. The third-order valence-corrected chi connectivity index (χ3v) is 3.36. The molecule has 0 N–H and O–H groups in total. The van der Waals surface area contributed by atoms with Crippen molar-refractivity contribution in [3.8, 4) is 5.88 Å². The molecule has 0 saturated heterocycles. The maximum absolute atomic E-state index is 12.4. The first-order valence-electron chi connectivity index (χ1n) is 8.25. The highest BCUT2D eigenvalue weighted by Gasteiger charge is 2.29. The fourth-order valence-electron chi connectivity index (χ4n) is 2.36. The molecule has 134 valence electrons. The highest BCUT2D eigenvalue weighted by atomic mass is 16.6. The van der Waals surface area contributed by atoms with Gasteiger partial charge in [0.25, 0.3) is 0 Å². The topological polar surface area (TPSA) is 79.7 Å². The lowest BCUT2D eigenvalue weighted by molar-refractivity contribution is 0.0521. The number of aromatic nitrogens is 2. The third kappa shape index (κ3) is 4.37. The minimum atomic E-state index is -0.662. The van der Waals surface area contributed by atoms with E-state index in [9.17, 15) is 9.59 Å². The van der Waals surface area contributed by atoms with Crippen LogP contribution in [-0.2, 0) is 15.9 Å². The number of benzene rings is 1. The van der Waals surface area contributed by atoms with Gasteiger partial charge in [0.05, 0.1) is 25.5 Å². The fourth-order valence-corrected chi connectivity index (χ4v) is 2.36. The van der Waals surface area contributed by atoms with Gasteiger partial charge in [-0.25, -0.2) is 9.59 Å². The van der Waals surface area contributed by atoms with Gasteiger partial charge in [-0.1, -0.05) is 30.3 Å². The quantitative estimate of drug-likeness (QED) is 0.717. The van der Waals surface area contributed by atoms with Crippen molar-refractivity contribution in [2.24, 2.45) is 0 Å². The summed E-state index contributed by atoms with van der Waals surface area (Å²) in [5.74, 6) is -0.507. The molecule has 0 spiro atoms. The van der Waals surface area contributed by atoms with Crippen molar-refractivity contribution in [2.45, 2.75) is 27.2 Å². The molecule has 25 heavy (non-hydrogen) atoms. The summed E-state index contributed by atoms with van der Waals surface area (Å²) in [6, 6.07) is 9.46. The second-order valence-corrected chi connectivity index (χ2v) is 5.05. The molecule has 2 rings (SSSR count). The van der Waals surface area contributed by atoms with Crippen LogP contribution in [0.15, 0.2) is 30.3 Å². The number of rotatable bonds is 7. The molecule has 7 heteroatoms. The van der Waals surface area contributed by atoms with Gasteiger partial charge in [-0.15, -0.1) is 5.10 Å². The summed E-state index contributed by atoms with van der Waals surface area (Å²) in [5.41, 5.74) is 1.45. The predicted octanol–water partition coefficient (Wildman–Crippen LogP) is 3.05. The van der Waals surface area contributed by atoms with Crippen molar-refractivity contribution in [3.05, 3.63) is 47.2 Å². The van der Waals surface area contributed by atoms with E-state index in [1.807, 2.05) is 30.3 Å². The van der Waals surface area contributed by atoms with Gasteiger partial charge in [0.15, 0.2) is 0 Å². The van der Waals surface area contributed by atoms with Crippen LogP contribution >= 0.6 is 0 Å². The van der Waals surface area contributed by atoms with Crippen LogP contribution in [0.5, 0.6) is 5.88 Å². The van der Waals surface area contributed by atoms with Crippen LogP contribution in [0.4, 0.5) is 4.79 Å². The Morgan fingerprint density at radius 2 is 1.68 bits per heavy atom. The molecule has 0 saturated carbocycles. The average Bonchev–Trinajstić information content (AvgIpc) is 2.95. The molecule has 0 unspecified atom stereocenters. The van der Waals surface area contributed by atoms with Crippen molar-refractivity contribution in [1.29, 1.82) is 0 Å². The van der Waals surface area contributed by atoms with E-state index in [1.54, 1.807) is 20.8 Å². The highest BCUT2D eigenvalue weighted by molar-refractivity contribution is 5.94. The van der Waals surface area contributed by atoms with Crippen LogP contribution in [0, 0.1) is 0 Å². The molecule has 0 fully saturated rings. The van der Waals surface area contributed by atoms with Gasteiger partial charge >= 0.3 is 12.1 Å². The van der Waals surface area contributed by atoms with E-state index in [0.29, 0.717) is 18.7 Å². The maximum Gasteiger partial charge on any atom is 0.435 e. The first-order valence-corrected chi connectivity index (χ1v) is 8.25. The van der Waals surface area contributed by atoms with Crippen molar-refractivity contribution < 1.29 is 23.8 Å². The van der Waals surface area contributed by atoms with Gasteiger partial charge in [-0.05, 0) is 26.3 Å². The Kier molecular flexibility index (Phi) is 6.56. The Morgan fingerprint density at radius 1 is 1.00 bits per heavy atom. The first-order chi connectivity index (χ1) is 12.1. The molecule has 0 aliphatic rings. The molecular formula is C18H22N2O5. The number of ether oxygens (including phenoxy) is 3. The van der Waals surface area contributed by atoms with Crippen LogP contribution in [0.1, 0.15) is 42.4 Å². The first kappa shape index (κ1) is 18.5. The smallest absolute Gasteiger partial charge is 0.435 e. The maximum atomic E-state index is 12.4. The molecule has 1 aromatic carbocycles. The van der Waals surface area contributed by atoms with Gasteiger partial charge in [0.2, 0.25) is 5.88 Å². The summed E-state index contributed by atoms with van der Waals surface area (Å²) in [6.45, 7) is 5.90. The number of hydrogen-bond acceptors (Lipinski definition) is 6. The zero-order valence-corrected chi connectivity index (χ0v) is 14.7. The Morgan fingerprint density at radius 3 is 2.28 bits per heavy atom. The molecule has 0 radical (unpaired) electrons. The summed E-state index contributed by atoms with van der Waals surface area (Å²) in [7, 11) is 0. The number of carbonyl (C=O) groups is 2. The monoisotopic (exact) mass is 346 g/mol. The molecular weight excluding hydrogens is 324 g/mol. The number of nitrogens with zero attached hydrogens (tertiary/aromatic N) is 2. The lowest BCUT2D eigenvalue weighted by atomic mass is 10.1. The Balaban J connectivity index is 2.55. The molecule has 0 bridgehead atoms. The Labute approximate surface area is 146 Å². The SMILES string of the molecule is CCOC(=O)c1c(OCC)nn(C(=O)OCC)c1Cc1ccccc1. The second-order valence-electron chi connectivity index (χ2n) is 5.05. The number of carbonyl (C=O) groups excluding carboxylic acids is 2. The molecule has 1 heterocycles. The standard InChI is InChI=1S/C18H22N2O5/c1-4-23-16-15(17(21)24-5-2)14(12-13-10-8-7-9-11-13)20(19-16)18(22)25-6-3/h7-11H,4-6,12H2,1-3H3. The van der Waals surface area contributed by atoms with E-state index < -0.39 is 12.1 Å². The van der Waals surface area contributed by atoms with E-state index in [1.165, 1.54) is 0 Å². The van der Waals surface area contributed by atoms with Crippen LogP contribution in [0.25, 0.3) is 0 Å². The van der Waals surface area contributed by atoms with Gasteiger partial charge < -0.3 is 14.2 Å². The summed E-state index contributed by atoms with van der Waals surface area (Å²) in [6.07, 6.45) is -0.349. The molecule has 7 nitrogen and oxygen atoms in total. The zero-order valence-electron chi connectivity index (χ0n) is 14.7. The van der Waals surface area contributed by atoms with E-state index in [4.69, 9.17) is 14.2 Å². The molecule has 0 atom stereocenters. The Hall–Kier alpha value is -2.83. The van der Waals surface area contributed by atoms with Crippen LogP contribution in [0.3, 0.4) is 0 Å². The van der Waals surface area contributed by atoms with Crippen LogP contribution in [-0.4, -0.2) is 41.7 Å². The Bertz CT molecular complexity index is 725. The van der Waals surface area contributed by atoms with E-state index in [2.05, 4.69) is 5.10 Å². The largest absolute Gasteiger partial charge is 0.476 e. The predicted molar refractivity (Wildman–Crippen MR) is 91.0 cm³/mol. The summed E-state index contributed by atoms with van der Waals surface area (Å²) < 4.78 is 16.7. The van der Waals surface area contributed by atoms with Crippen LogP contribution < -0.4 is 4.74 Å². The van der Waals surface area contributed by atoms with E-state index in [-0.39, 0.29) is 24.7 Å². The van der Waals surface area contributed by atoms with Crippen LogP contribution in [0.2, 0.25) is 0 Å². The molecule has 0 amide bonds. The fraction of sp³-hybridized carbons (Fsp3) is 0.389. The lowest BCUT2D eigenvalue weighted by Crippen LogP contribution is -2.19. The minimum absolute atomic E-state index is 0.0694. The molecule has 1 aromatic heterocycles. The van der Waals surface area contributed by atoms with Crippen molar-refractivity contribution in [3.63, 3.8) is 0 Å². The van der Waals surface area contributed by atoms with Gasteiger partial charge in [0.1, 0.15) is 5.56 Å². The summed E-state index contributed by atoms with van der Waals surface area (Å²) >= 11 is 0. The third-order valence-electron chi connectivity index (χ3n) is 3.36. The second kappa shape index (κ2) is 8.86. The molecule has 0 aliphatic carbocycles. The summed E-state index contributed by atoms with van der Waals surface area (Å²) in [4.78, 5) is 24.7. The van der Waals surface area contributed by atoms with Gasteiger partial charge in [-0.3, -0.25) is 0 Å². The van der Waals surface area contributed by atoms with Gasteiger partial charge in [0, 0.05) is 6.42 Å². The minimum Gasteiger partial charge on any atom is -0.476 e. The van der Waals surface area contributed by atoms with Crippen molar-refractivity contribution >= 4 is 12.1 Å². The lowest BCUT2D eigenvalue weighted by Gasteiger charge is -2.08. The van der Waals surface area contributed by atoms with E-state index >= 15 is 0 Å². The molecule has 0 aliphatic heterocycles. The normalized spacial score (nSPS) is 10.4. The van der Waals surface area contributed by atoms with Crippen molar-refractivity contribution in [2.75, 3.05) is 19.8 Å². The van der Waals surface area contributed by atoms with E-state index in [0.717, 1.165) is 10.2 Å². The highest BCUT2D eigenvalue weighted by Crippen LogP contribution is 2.26. The van der Waals surface area contributed by atoms with Gasteiger partial charge in [-0.2, -0.15) is 4.68 Å².